The van der Waals surface area contributed by atoms with Crippen molar-refractivity contribution in [2.24, 2.45) is 5.73 Å². The van der Waals surface area contributed by atoms with Gasteiger partial charge in [-0.2, -0.15) is 4.31 Å². The van der Waals surface area contributed by atoms with Crippen LogP contribution in [0.5, 0.6) is 0 Å². The van der Waals surface area contributed by atoms with E-state index in [0.717, 1.165) is 24.9 Å². The van der Waals surface area contributed by atoms with Crippen molar-refractivity contribution in [2.45, 2.75) is 36.6 Å². The molecule has 1 aromatic carbocycles. The van der Waals surface area contributed by atoms with Gasteiger partial charge in [0.05, 0.1) is 18.1 Å². The van der Waals surface area contributed by atoms with Gasteiger partial charge in [0.15, 0.2) is 0 Å². The molecule has 144 valence electrons. The van der Waals surface area contributed by atoms with Crippen LogP contribution in [0.15, 0.2) is 29.2 Å². The second kappa shape index (κ2) is 8.47. The first-order valence-electron chi connectivity index (χ1n) is 9.19. The van der Waals surface area contributed by atoms with Crippen LogP contribution in [0.4, 0.5) is 0 Å². The zero-order valence-corrected chi connectivity index (χ0v) is 15.8. The molecule has 7 nitrogen and oxygen atoms in total. The Balaban J connectivity index is 1.58. The monoisotopic (exact) mass is 381 g/mol. The number of carbonyl (C=O) groups is 1. The van der Waals surface area contributed by atoms with E-state index in [1.807, 2.05) is 4.90 Å². The predicted molar refractivity (Wildman–Crippen MR) is 98.1 cm³/mol. The number of likely N-dealkylation sites (tertiary alicyclic amines) is 1. The fourth-order valence-electron chi connectivity index (χ4n) is 3.57. The van der Waals surface area contributed by atoms with E-state index in [9.17, 15) is 13.2 Å². The summed E-state index contributed by atoms with van der Waals surface area (Å²) in [5.74, 6) is 0.128. The van der Waals surface area contributed by atoms with Crippen LogP contribution in [-0.4, -0.2) is 69.0 Å². The zero-order valence-electron chi connectivity index (χ0n) is 15.0. The Morgan fingerprint density at radius 3 is 2.50 bits per heavy atom. The minimum Gasteiger partial charge on any atom is -0.379 e. The number of amides is 1. The lowest BCUT2D eigenvalue weighted by Gasteiger charge is -2.26. The zero-order chi connectivity index (χ0) is 18.6. The number of hydrogen-bond acceptors (Lipinski definition) is 5. The number of ether oxygens (including phenoxy) is 1. The number of aryl methyl sites for hydroxylation is 1. The molecule has 2 aliphatic rings. The molecule has 1 amide bonds. The Morgan fingerprint density at radius 1 is 1.15 bits per heavy atom. The number of carbonyl (C=O) groups excluding carboxylic acids is 1. The molecule has 2 heterocycles. The minimum absolute atomic E-state index is 0.128. The SMILES string of the molecule is NCC1CCCN1C(=O)CCc1ccc(S(=O)(=O)N2CCOCC2)cc1. The molecule has 2 N–H and O–H groups in total. The molecule has 2 fully saturated rings. The van der Waals surface area contributed by atoms with Gasteiger partial charge in [0.2, 0.25) is 15.9 Å². The summed E-state index contributed by atoms with van der Waals surface area (Å²) in [4.78, 5) is 14.6. The van der Waals surface area contributed by atoms with Crippen LogP contribution < -0.4 is 5.73 Å². The average molecular weight is 381 g/mol. The Labute approximate surface area is 155 Å². The summed E-state index contributed by atoms with van der Waals surface area (Å²) >= 11 is 0. The average Bonchev–Trinajstić information content (AvgIpc) is 3.16. The van der Waals surface area contributed by atoms with Gasteiger partial charge in [-0.3, -0.25) is 4.79 Å². The fraction of sp³-hybridized carbons (Fsp3) is 0.611. The lowest BCUT2D eigenvalue weighted by Crippen LogP contribution is -2.40. The van der Waals surface area contributed by atoms with Crippen LogP contribution >= 0.6 is 0 Å². The van der Waals surface area contributed by atoms with E-state index in [1.165, 1.54) is 4.31 Å². The highest BCUT2D eigenvalue weighted by Gasteiger charge is 2.28. The van der Waals surface area contributed by atoms with Crippen molar-refractivity contribution in [1.29, 1.82) is 0 Å². The highest BCUT2D eigenvalue weighted by Crippen LogP contribution is 2.20. The second-order valence-corrected chi connectivity index (χ2v) is 8.72. The molecule has 0 aromatic heterocycles. The maximum Gasteiger partial charge on any atom is 0.243 e. The molecule has 2 saturated heterocycles. The van der Waals surface area contributed by atoms with Crippen LogP contribution in [0.1, 0.15) is 24.8 Å². The van der Waals surface area contributed by atoms with Crippen molar-refractivity contribution in [3.63, 3.8) is 0 Å². The molecule has 2 aliphatic heterocycles. The van der Waals surface area contributed by atoms with Gasteiger partial charge >= 0.3 is 0 Å². The summed E-state index contributed by atoms with van der Waals surface area (Å²) < 4.78 is 31.9. The number of sulfonamides is 1. The van der Waals surface area contributed by atoms with Crippen molar-refractivity contribution in [2.75, 3.05) is 39.4 Å². The number of hydrogen-bond donors (Lipinski definition) is 1. The van der Waals surface area contributed by atoms with Gasteiger partial charge in [-0.05, 0) is 37.0 Å². The Morgan fingerprint density at radius 2 is 1.85 bits per heavy atom. The Kier molecular flexibility index (Phi) is 6.29. The highest BCUT2D eigenvalue weighted by molar-refractivity contribution is 7.89. The second-order valence-electron chi connectivity index (χ2n) is 6.78. The molecule has 0 radical (unpaired) electrons. The van der Waals surface area contributed by atoms with E-state index in [2.05, 4.69) is 0 Å². The summed E-state index contributed by atoms with van der Waals surface area (Å²) in [6, 6.07) is 7.02. The van der Waals surface area contributed by atoms with E-state index in [-0.39, 0.29) is 16.8 Å². The summed E-state index contributed by atoms with van der Waals surface area (Å²) in [5, 5.41) is 0. The van der Waals surface area contributed by atoms with Gasteiger partial charge in [0.1, 0.15) is 0 Å². The van der Waals surface area contributed by atoms with E-state index in [1.54, 1.807) is 24.3 Å². The Bertz CT molecular complexity index is 714. The van der Waals surface area contributed by atoms with Crippen LogP contribution in [-0.2, 0) is 26.0 Å². The molecular weight excluding hydrogens is 354 g/mol. The maximum absolute atomic E-state index is 12.6. The van der Waals surface area contributed by atoms with E-state index in [0.29, 0.717) is 45.7 Å². The van der Waals surface area contributed by atoms with Gasteiger partial charge < -0.3 is 15.4 Å². The summed E-state index contributed by atoms with van der Waals surface area (Å²) in [7, 11) is -3.47. The molecule has 1 unspecified atom stereocenters. The van der Waals surface area contributed by atoms with Crippen LogP contribution in [0.3, 0.4) is 0 Å². The highest BCUT2D eigenvalue weighted by atomic mass is 32.2. The molecule has 26 heavy (non-hydrogen) atoms. The molecule has 3 rings (SSSR count). The van der Waals surface area contributed by atoms with Gasteiger partial charge in [0.25, 0.3) is 0 Å². The first-order valence-corrected chi connectivity index (χ1v) is 10.6. The first-order chi connectivity index (χ1) is 12.5. The molecule has 0 bridgehead atoms. The molecule has 1 aromatic rings. The van der Waals surface area contributed by atoms with Gasteiger partial charge in [0, 0.05) is 38.6 Å². The van der Waals surface area contributed by atoms with Crippen LogP contribution in [0.25, 0.3) is 0 Å². The van der Waals surface area contributed by atoms with Crippen molar-refractivity contribution in [3.05, 3.63) is 29.8 Å². The third-order valence-corrected chi connectivity index (χ3v) is 7.04. The normalized spacial score (nSPS) is 21.9. The van der Waals surface area contributed by atoms with Crippen molar-refractivity contribution < 1.29 is 17.9 Å². The molecule has 0 spiro atoms. The maximum atomic E-state index is 12.6. The minimum atomic E-state index is -3.47. The molecule has 0 saturated carbocycles. The third kappa shape index (κ3) is 4.25. The number of nitrogens with two attached hydrogens (primary N) is 1. The smallest absolute Gasteiger partial charge is 0.243 e. The van der Waals surface area contributed by atoms with E-state index < -0.39 is 10.0 Å². The van der Waals surface area contributed by atoms with Gasteiger partial charge in [-0.15, -0.1) is 0 Å². The van der Waals surface area contributed by atoms with Crippen LogP contribution in [0, 0.1) is 0 Å². The van der Waals surface area contributed by atoms with Crippen molar-refractivity contribution >= 4 is 15.9 Å². The number of benzene rings is 1. The summed E-state index contributed by atoms with van der Waals surface area (Å²) in [6.45, 7) is 2.93. The molecule has 0 aliphatic carbocycles. The van der Waals surface area contributed by atoms with E-state index >= 15 is 0 Å². The quantitative estimate of drug-likeness (QED) is 0.778. The first kappa shape index (κ1) is 19.3. The fourth-order valence-corrected chi connectivity index (χ4v) is 4.98. The number of nitrogens with zero attached hydrogens (tertiary/aromatic N) is 2. The summed E-state index contributed by atoms with van der Waals surface area (Å²) in [5.41, 5.74) is 6.69. The summed E-state index contributed by atoms with van der Waals surface area (Å²) in [6.07, 6.45) is 3.02. The Hall–Kier alpha value is -1.48. The lowest BCUT2D eigenvalue weighted by atomic mass is 10.1. The lowest BCUT2D eigenvalue weighted by molar-refractivity contribution is -0.131. The largest absolute Gasteiger partial charge is 0.379 e. The van der Waals surface area contributed by atoms with Gasteiger partial charge in [-0.1, -0.05) is 12.1 Å². The third-order valence-electron chi connectivity index (χ3n) is 5.13. The molecule has 1 atom stereocenters. The van der Waals surface area contributed by atoms with Gasteiger partial charge in [-0.25, -0.2) is 8.42 Å². The number of rotatable bonds is 6. The van der Waals surface area contributed by atoms with Crippen molar-refractivity contribution in [1.82, 2.24) is 9.21 Å². The topological polar surface area (TPSA) is 92.9 Å². The van der Waals surface area contributed by atoms with Crippen molar-refractivity contribution in [3.8, 4) is 0 Å². The molecular formula is C18H27N3O4S. The van der Waals surface area contributed by atoms with E-state index in [4.69, 9.17) is 10.5 Å². The predicted octanol–water partition coefficient (Wildman–Crippen LogP) is 0.590. The molecule has 8 heteroatoms. The number of morpholine rings is 1. The standard InChI is InChI=1S/C18H27N3O4S/c19-14-16-2-1-9-21(16)18(22)8-5-15-3-6-17(7-4-15)26(23,24)20-10-12-25-13-11-20/h3-4,6-7,16H,1-2,5,8-14,19H2. The van der Waals surface area contributed by atoms with Crippen LogP contribution in [0.2, 0.25) is 0 Å².